The molecule has 0 heterocycles. The third-order valence-electron chi connectivity index (χ3n) is 12.4. The van der Waals surface area contributed by atoms with E-state index < -0.39 is 81.7 Å². The summed E-state index contributed by atoms with van der Waals surface area (Å²) in [7, 11) is 0. The van der Waals surface area contributed by atoms with Crippen LogP contribution in [0.3, 0.4) is 0 Å². The molecule has 5 N–H and O–H groups in total. The Bertz CT molecular complexity index is 1440. The summed E-state index contributed by atoms with van der Waals surface area (Å²) < 4.78 is 12.3. The predicted molar refractivity (Wildman–Crippen MR) is 206 cm³/mol. The van der Waals surface area contributed by atoms with Crippen LogP contribution >= 0.6 is 12.6 Å². The van der Waals surface area contributed by atoms with Crippen molar-refractivity contribution in [3.8, 4) is 0 Å². The zero-order valence-corrected chi connectivity index (χ0v) is 34.2. The normalized spacial score (nSPS) is 32.2. The van der Waals surface area contributed by atoms with Crippen LogP contribution in [0.5, 0.6) is 0 Å². The van der Waals surface area contributed by atoms with Gasteiger partial charge in [0.1, 0.15) is 17.7 Å². The van der Waals surface area contributed by atoms with Crippen LogP contribution in [-0.2, 0) is 33.4 Å². The molecular formula is C41H65NO11S. The number of unbranched alkanes of at least 4 members (excludes halogenated alkanes) is 10. The number of hydrogen-bond acceptors (Lipinski definition) is 11. The Labute approximate surface area is 326 Å². The Balaban J connectivity index is 0.000000687. The molecule has 0 radical (unpaired) electrons. The highest BCUT2D eigenvalue weighted by Crippen LogP contribution is 2.77. The molecule has 9 atom stereocenters. The molecule has 13 heteroatoms. The number of nitrogens with one attached hydrogen (secondary N) is 1. The number of aliphatic hydroxyl groups is 3. The number of ketones is 1. The molecular weight excluding hydrogens is 715 g/mol. The fourth-order valence-corrected chi connectivity index (χ4v) is 9.87. The molecule has 2 saturated carbocycles. The molecule has 0 aliphatic heterocycles. The van der Waals surface area contributed by atoms with Crippen LogP contribution in [0, 0.1) is 29.1 Å². The molecule has 0 saturated heterocycles. The number of thiol groups is 1. The Hall–Kier alpha value is -2.74. The third kappa shape index (κ3) is 9.27. The monoisotopic (exact) mass is 779 g/mol. The first-order valence-corrected chi connectivity index (χ1v) is 20.4. The molecule has 0 aromatic rings. The van der Waals surface area contributed by atoms with Gasteiger partial charge in [-0.25, -0.2) is 4.79 Å². The summed E-state index contributed by atoms with van der Waals surface area (Å²) in [5.74, 6) is -5.61. The van der Waals surface area contributed by atoms with E-state index in [0.717, 1.165) is 19.3 Å². The lowest BCUT2D eigenvalue weighted by atomic mass is 9.59. The van der Waals surface area contributed by atoms with Crippen molar-refractivity contribution in [1.29, 1.82) is 0 Å². The Morgan fingerprint density at radius 1 is 0.963 bits per heavy atom. The van der Waals surface area contributed by atoms with Gasteiger partial charge in [-0.2, -0.15) is 12.6 Å². The van der Waals surface area contributed by atoms with Crippen LogP contribution in [0.4, 0.5) is 0 Å². The summed E-state index contributed by atoms with van der Waals surface area (Å²) in [6, 6.07) is -0.874. The van der Waals surface area contributed by atoms with E-state index in [9.17, 15) is 39.3 Å². The van der Waals surface area contributed by atoms with Gasteiger partial charge in [0.15, 0.2) is 11.4 Å². The number of rotatable bonds is 18. The summed E-state index contributed by atoms with van der Waals surface area (Å²) >= 11 is 3.73. The van der Waals surface area contributed by atoms with Crippen molar-refractivity contribution in [3.63, 3.8) is 0 Å². The molecule has 1 amide bonds. The van der Waals surface area contributed by atoms with Gasteiger partial charge >= 0.3 is 17.9 Å². The van der Waals surface area contributed by atoms with Gasteiger partial charge in [-0.15, -0.1) is 0 Å². The maximum Gasteiger partial charge on any atom is 0.327 e. The van der Waals surface area contributed by atoms with Crippen LogP contribution in [0.15, 0.2) is 23.3 Å². The van der Waals surface area contributed by atoms with Gasteiger partial charge in [0.05, 0.1) is 12.2 Å². The number of ether oxygens (including phenoxy) is 2. The quantitative estimate of drug-likeness (QED) is 0.0460. The smallest absolute Gasteiger partial charge is 0.327 e. The molecule has 12 nitrogen and oxygen atoms in total. The van der Waals surface area contributed by atoms with Crippen molar-refractivity contribution in [2.75, 3.05) is 12.4 Å². The molecule has 4 aliphatic carbocycles. The van der Waals surface area contributed by atoms with Gasteiger partial charge in [0.2, 0.25) is 5.91 Å². The van der Waals surface area contributed by atoms with Gasteiger partial charge < -0.3 is 35.2 Å². The highest BCUT2D eigenvalue weighted by molar-refractivity contribution is 7.80. The van der Waals surface area contributed by atoms with Gasteiger partial charge in [-0.3, -0.25) is 19.2 Å². The second kappa shape index (κ2) is 18.9. The maximum atomic E-state index is 13.3. The van der Waals surface area contributed by atoms with E-state index in [4.69, 9.17) is 14.6 Å². The molecule has 0 aromatic carbocycles. The highest BCUT2D eigenvalue weighted by atomic mass is 32.1. The molecule has 0 spiro atoms. The first kappa shape index (κ1) is 45.6. The van der Waals surface area contributed by atoms with Crippen molar-refractivity contribution in [1.82, 2.24) is 5.32 Å². The van der Waals surface area contributed by atoms with Crippen LogP contribution in [0.25, 0.3) is 0 Å². The third-order valence-corrected chi connectivity index (χ3v) is 12.7. The number of amides is 1. The summed E-state index contributed by atoms with van der Waals surface area (Å²) in [5, 5.41) is 45.4. The number of carboxylic acids is 1. The number of hydrogen-bond donors (Lipinski definition) is 6. The first-order chi connectivity index (χ1) is 25.3. The number of Topliss-reactive ketones (excluding diaryl/α,β-unsaturated/α-hetero) is 1. The topological polar surface area (TPSA) is 197 Å². The minimum Gasteiger partial charge on any atom is -0.480 e. The van der Waals surface area contributed by atoms with E-state index in [1.165, 1.54) is 58.8 Å². The lowest BCUT2D eigenvalue weighted by Crippen LogP contribution is -2.66. The molecule has 306 valence electrons. The molecule has 54 heavy (non-hydrogen) atoms. The Kier molecular flexibility index (Phi) is 16.0. The van der Waals surface area contributed by atoms with Crippen LogP contribution in [-0.4, -0.2) is 91.3 Å². The number of carbonyl (C=O) groups is 5. The average molecular weight is 780 g/mol. The van der Waals surface area contributed by atoms with E-state index in [2.05, 4.69) is 24.9 Å². The Morgan fingerprint density at radius 3 is 1.98 bits per heavy atom. The number of aliphatic carboxylic acids is 1. The molecule has 0 aromatic heterocycles. The SMILES string of the molecule is CC(=O)NC(CS)C(=O)O.CCCCCCCCCCCCCC(=O)O[C@@H]1C(C)[C@@]2(O)[C@@H](C=C(CO)C[C@]3(O)C(=O)C(C)=C[C@@H]23)[C@@H]2C(C)(C)[C@]12OC(C)=O. The van der Waals surface area contributed by atoms with Crippen molar-refractivity contribution in [3.05, 3.63) is 23.3 Å². The van der Waals surface area contributed by atoms with Crippen molar-refractivity contribution < 1.29 is 53.9 Å². The molecule has 2 unspecified atom stereocenters. The standard InChI is InChI=1S/C36H56O8.C5H9NO3S/c1-7-8-9-10-11-12-13-14-15-16-17-18-29(39)43-32-24(3)35(42)27(30-33(5,6)36(30,32)44-25(4)38)20-26(22-37)21-34(41)28(35)19-23(2)31(34)40;1-3(7)6-4(2-10)5(8)9/h19-20,24,27-28,30,32,37,41-42H,7-18,21-22H2,1-6H3;4,10H,2H2,1H3,(H,6,7)(H,8,9)/t24?,27-,28+,30+,32+,34+,35+,36+;/m0./s1. The maximum absolute atomic E-state index is 13.3. The number of aliphatic hydroxyl groups excluding tert-OH is 1. The van der Waals surface area contributed by atoms with E-state index in [-0.39, 0.29) is 31.1 Å². The van der Waals surface area contributed by atoms with Crippen LogP contribution in [0.2, 0.25) is 0 Å². The zero-order chi connectivity index (χ0) is 40.6. The lowest BCUT2D eigenvalue weighted by molar-refractivity contribution is -0.228. The van der Waals surface area contributed by atoms with Gasteiger partial charge in [0.25, 0.3) is 0 Å². The molecule has 4 rings (SSSR count). The Morgan fingerprint density at radius 2 is 1.52 bits per heavy atom. The molecule has 0 bridgehead atoms. The fourth-order valence-electron chi connectivity index (χ4n) is 9.63. The van der Waals surface area contributed by atoms with Crippen molar-refractivity contribution in [2.45, 2.75) is 161 Å². The number of esters is 2. The minimum absolute atomic E-state index is 0.106. The second-order valence-electron chi connectivity index (χ2n) is 16.5. The molecule has 4 aliphatic rings. The van der Waals surface area contributed by atoms with Crippen molar-refractivity contribution in [2.24, 2.45) is 29.1 Å². The predicted octanol–water partition coefficient (Wildman–Crippen LogP) is 5.26. The van der Waals surface area contributed by atoms with E-state index in [0.29, 0.717) is 17.6 Å². The van der Waals surface area contributed by atoms with Gasteiger partial charge in [0, 0.05) is 61.5 Å². The summed E-state index contributed by atoms with van der Waals surface area (Å²) in [6.07, 6.45) is 15.4. The first-order valence-electron chi connectivity index (χ1n) is 19.8. The fraction of sp³-hybridized carbons (Fsp3) is 0.780. The number of fused-ring (bicyclic) bond motifs is 5. The number of carboxylic acid groups (broad SMARTS) is 1. The van der Waals surface area contributed by atoms with E-state index in [1.54, 1.807) is 26.0 Å². The summed E-state index contributed by atoms with van der Waals surface area (Å²) in [5.41, 5.74) is -4.71. The van der Waals surface area contributed by atoms with Gasteiger partial charge in [-0.1, -0.05) is 104 Å². The van der Waals surface area contributed by atoms with Crippen LogP contribution in [0.1, 0.15) is 132 Å². The van der Waals surface area contributed by atoms with E-state index in [1.807, 2.05) is 13.8 Å². The highest BCUT2D eigenvalue weighted by Gasteiger charge is 2.87. The zero-order valence-electron chi connectivity index (χ0n) is 33.3. The van der Waals surface area contributed by atoms with Crippen LogP contribution < -0.4 is 5.32 Å². The minimum atomic E-state index is -1.93. The molecule has 2 fully saturated rings. The van der Waals surface area contributed by atoms with E-state index >= 15 is 0 Å². The second-order valence-corrected chi connectivity index (χ2v) is 16.9. The van der Waals surface area contributed by atoms with Gasteiger partial charge in [-0.05, 0) is 24.5 Å². The van der Waals surface area contributed by atoms with Crippen molar-refractivity contribution >= 4 is 42.2 Å². The lowest BCUT2D eigenvalue weighted by Gasteiger charge is -2.53. The largest absolute Gasteiger partial charge is 0.480 e. The summed E-state index contributed by atoms with van der Waals surface area (Å²) in [4.78, 5) is 59.7. The average Bonchev–Trinajstić information content (AvgIpc) is 3.52. The summed E-state index contributed by atoms with van der Waals surface area (Å²) in [6.45, 7) is 11.7. The number of carbonyl (C=O) groups excluding carboxylic acids is 4.